The number of methoxy groups -OCH3 is 1. The quantitative estimate of drug-likeness (QED) is 0.688. The number of nitrogens with one attached hydrogen (secondary N) is 1. The first-order valence-corrected chi connectivity index (χ1v) is 6.59. The number of carbonyl (C=O) groups excluding carboxylic acids is 3. The number of fused-ring (bicyclic) bond motifs is 1. The van der Waals surface area contributed by atoms with Crippen LogP contribution < -0.4 is 5.32 Å². The topological polar surface area (TPSA) is 85.4 Å². The SMILES string of the molecule is COC(=O)c1ccc2nc(NC(=O)CC(C)=O)sc2c1. The van der Waals surface area contributed by atoms with Gasteiger partial charge in [-0.25, -0.2) is 9.78 Å². The number of anilines is 1. The Morgan fingerprint density at radius 2 is 2.10 bits per heavy atom. The first-order chi connectivity index (χ1) is 9.49. The van der Waals surface area contributed by atoms with Gasteiger partial charge in [0.25, 0.3) is 0 Å². The van der Waals surface area contributed by atoms with Crippen LogP contribution in [0.5, 0.6) is 0 Å². The number of rotatable bonds is 4. The summed E-state index contributed by atoms with van der Waals surface area (Å²) in [6.45, 7) is 1.35. The molecule has 2 aromatic rings. The van der Waals surface area contributed by atoms with Crippen molar-refractivity contribution >= 4 is 44.3 Å². The molecular weight excluding hydrogens is 280 g/mol. The number of carbonyl (C=O) groups is 3. The molecule has 0 aliphatic rings. The van der Waals surface area contributed by atoms with Crippen LogP contribution in [0, 0.1) is 0 Å². The van der Waals surface area contributed by atoms with Gasteiger partial charge < -0.3 is 10.1 Å². The number of Topliss-reactive ketones (excluding diaryl/α,β-unsaturated/α-hetero) is 1. The molecule has 0 atom stereocenters. The third kappa shape index (κ3) is 3.18. The second-order valence-corrected chi connectivity index (χ2v) is 5.15. The van der Waals surface area contributed by atoms with Crippen molar-refractivity contribution in [1.29, 1.82) is 0 Å². The van der Waals surface area contributed by atoms with Crippen molar-refractivity contribution < 1.29 is 19.1 Å². The van der Waals surface area contributed by atoms with Crippen LogP contribution >= 0.6 is 11.3 Å². The van der Waals surface area contributed by atoms with Gasteiger partial charge in [-0.3, -0.25) is 9.59 Å². The predicted molar refractivity (Wildman–Crippen MR) is 74.9 cm³/mol. The Labute approximate surface area is 118 Å². The number of nitrogens with zero attached hydrogens (tertiary/aromatic N) is 1. The van der Waals surface area contributed by atoms with E-state index in [1.54, 1.807) is 18.2 Å². The lowest BCUT2D eigenvalue weighted by Crippen LogP contribution is -2.14. The standard InChI is InChI=1S/C13H12N2O4S/c1-7(16)5-11(17)15-13-14-9-4-3-8(12(18)19-2)6-10(9)20-13/h3-4,6H,5H2,1-2H3,(H,14,15,17). The van der Waals surface area contributed by atoms with E-state index in [1.807, 2.05) is 0 Å². The highest BCUT2D eigenvalue weighted by Crippen LogP contribution is 2.27. The normalized spacial score (nSPS) is 10.3. The van der Waals surface area contributed by atoms with E-state index in [0.717, 1.165) is 4.70 Å². The summed E-state index contributed by atoms with van der Waals surface area (Å²) in [4.78, 5) is 37.9. The Hall–Kier alpha value is -2.28. The summed E-state index contributed by atoms with van der Waals surface area (Å²) >= 11 is 1.23. The molecular formula is C13H12N2O4S. The fourth-order valence-electron chi connectivity index (χ4n) is 1.61. The molecule has 20 heavy (non-hydrogen) atoms. The summed E-state index contributed by atoms with van der Waals surface area (Å²) in [6, 6.07) is 4.94. The molecule has 1 heterocycles. The second-order valence-electron chi connectivity index (χ2n) is 4.12. The van der Waals surface area contributed by atoms with Gasteiger partial charge in [-0.2, -0.15) is 0 Å². The summed E-state index contributed by atoms with van der Waals surface area (Å²) in [5.74, 6) is -1.04. The third-order valence-electron chi connectivity index (χ3n) is 2.47. The third-order valence-corrected chi connectivity index (χ3v) is 3.40. The predicted octanol–water partition coefficient (Wildman–Crippen LogP) is 2.00. The Kier molecular flexibility index (Phi) is 4.09. The first-order valence-electron chi connectivity index (χ1n) is 5.78. The van der Waals surface area contributed by atoms with Crippen LogP contribution in [0.25, 0.3) is 10.2 Å². The van der Waals surface area contributed by atoms with Crippen molar-refractivity contribution in [2.45, 2.75) is 13.3 Å². The highest BCUT2D eigenvalue weighted by Gasteiger charge is 2.12. The minimum absolute atomic E-state index is 0.177. The van der Waals surface area contributed by atoms with Gasteiger partial charge in [0, 0.05) is 0 Å². The van der Waals surface area contributed by atoms with Gasteiger partial charge in [0.15, 0.2) is 5.13 Å². The van der Waals surface area contributed by atoms with Crippen LogP contribution in [0.1, 0.15) is 23.7 Å². The van der Waals surface area contributed by atoms with Crippen molar-refractivity contribution in [2.24, 2.45) is 0 Å². The molecule has 0 aliphatic carbocycles. The average Bonchev–Trinajstić information content (AvgIpc) is 2.77. The zero-order chi connectivity index (χ0) is 14.7. The van der Waals surface area contributed by atoms with Crippen molar-refractivity contribution in [3.8, 4) is 0 Å². The Bertz CT molecular complexity index is 693. The summed E-state index contributed by atoms with van der Waals surface area (Å²) in [7, 11) is 1.31. The highest BCUT2D eigenvalue weighted by atomic mass is 32.1. The second kappa shape index (κ2) is 5.79. The number of hydrogen-bond donors (Lipinski definition) is 1. The van der Waals surface area contributed by atoms with E-state index < -0.39 is 11.9 Å². The van der Waals surface area contributed by atoms with Crippen LogP contribution in [-0.2, 0) is 14.3 Å². The molecule has 7 heteroatoms. The number of aromatic nitrogens is 1. The summed E-state index contributed by atoms with van der Waals surface area (Å²) in [5, 5.41) is 2.95. The summed E-state index contributed by atoms with van der Waals surface area (Å²) in [6.07, 6.45) is -0.177. The van der Waals surface area contributed by atoms with Crippen LogP contribution in [0.4, 0.5) is 5.13 Å². The molecule has 0 aliphatic heterocycles. The number of ether oxygens (including phenoxy) is 1. The molecule has 1 aromatic heterocycles. The van der Waals surface area contributed by atoms with Crippen molar-refractivity contribution in [3.05, 3.63) is 23.8 Å². The van der Waals surface area contributed by atoms with E-state index >= 15 is 0 Å². The zero-order valence-corrected chi connectivity index (χ0v) is 11.7. The minimum Gasteiger partial charge on any atom is -0.465 e. The van der Waals surface area contributed by atoms with Crippen LogP contribution in [-0.4, -0.2) is 29.8 Å². The molecule has 1 amide bonds. The number of thiazole rings is 1. The first kappa shape index (κ1) is 14.1. The Morgan fingerprint density at radius 3 is 2.75 bits per heavy atom. The van der Waals surface area contributed by atoms with Gasteiger partial charge in [0.2, 0.25) is 5.91 Å². The van der Waals surface area contributed by atoms with Gasteiger partial charge >= 0.3 is 5.97 Å². The van der Waals surface area contributed by atoms with Crippen LogP contribution in [0.2, 0.25) is 0 Å². The summed E-state index contributed by atoms with van der Waals surface area (Å²) < 4.78 is 5.39. The average molecular weight is 292 g/mol. The van der Waals surface area contributed by atoms with Crippen LogP contribution in [0.3, 0.4) is 0 Å². The van der Waals surface area contributed by atoms with Crippen molar-refractivity contribution in [3.63, 3.8) is 0 Å². The molecule has 0 radical (unpaired) electrons. The Morgan fingerprint density at radius 1 is 1.35 bits per heavy atom. The van der Waals surface area contributed by atoms with E-state index in [9.17, 15) is 14.4 Å². The fraction of sp³-hybridized carbons (Fsp3) is 0.231. The molecule has 2 rings (SSSR count). The molecule has 0 spiro atoms. The maximum atomic E-state index is 11.5. The Balaban J connectivity index is 2.23. The fourth-order valence-corrected chi connectivity index (χ4v) is 2.53. The molecule has 0 unspecified atom stereocenters. The lowest BCUT2D eigenvalue weighted by Gasteiger charge is -1.97. The molecule has 0 saturated carbocycles. The number of ketones is 1. The smallest absolute Gasteiger partial charge is 0.337 e. The maximum absolute atomic E-state index is 11.5. The van der Waals surface area contributed by atoms with Gasteiger partial charge in [-0.15, -0.1) is 0 Å². The highest BCUT2D eigenvalue weighted by molar-refractivity contribution is 7.22. The van der Waals surface area contributed by atoms with Gasteiger partial charge in [-0.05, 0) is 25.1 Å². The maximum Gasteiger partial charge on any atom is 0.337 e. The molecule has 0 bridgehead atoms. The van der Waals surface area contributed by atoms with E-state index in [4.69, 9.17) is 0 Å². The van der Waals surface area contributed by atoms with E-state index in [-0.39, 0.29) is 12.2 Å². The lowest BCUT2D eigenvalue weighted by atomic mass is 10.2. The number of esters is 1. The molecule has 104 valence electrons. The molecule has 1 aromatic carbocycles. The molecule has 0 fully saturated rings. The van der Waals surface area contributed by atoms with Gasteiger partial charge in [0.05, 0.1) is 29.3 Å². The van der Waals surface area contributed by atoms with Crippen molar-refractivity contribution in [1.82, 2.24) is 4.98 Å². The van der Waals surface area contributed by atoms with Crippen molar-refractivity contribution in [2.75, 3.05) is 12.4 Å². The largest absolute Gasteiger partial charge is 0.465 e. The monoisotopic (exact) mass is 292 g/mol. The minimum atomic E-state index is -0.428. The van der Waals surface area contributed by atoms with E-state index in [0.29, 0.717) is 16.2 Å². The zero-order valence-electron chi connectivity index (χ0n) is 10.9. The van der Waals surface area contributed by atoms with E-state index in [2.05, 4.69) is 15.0 Å². The summed E-state index contributed by atoms with van der Waals surface area (Å²) in [5.41, 5.74) is 1.09. The van der Waals surface area contributed by atoms with Gasteiger partial charge in [0.1, 0.15) is 5.78 Å². The lowest BCUT2D eigenvalue weighted by molar-refractivity contribution is -0.124. The van der Waals surface area contributed by atoms with E-state index in [1.165, 1.54) is 25.4 Å². The molecule has 6 nitrogen and oxygen atoms in total. The number of hydrogen-bond acceptors (Lipinski definition) is 6. The van der Waals surface area contributed by atoms with Gasteiger partial charge in [-0.1, -0.05) is 11.3 Å². The molecule has 0 saturated heterocycles. The number of benzene rings is 1. The van der Waals surface area contributed by atoms with Crippen LogP contribution in [0.15, 0.2) is 18.2 Å². The molecule has 1 N–H and O–H groups in total. The number of amides is 1.